The van der Waals surface area contributed by atoms with Crippen LogP contribution in [0.2, 0.25) is 0 Å². The van der Waals surface area contributed by atoms with Crippen LogP contribution in [0, 0.1) is 6.92 Å². The lowest BCUT2D eigenvalue weighted by molar-refractivity contribution is -0.136. The van der Waals surface area contributed by atoms with Gasteiger partial charge in [-0.05, 0) is 79.1 Å². The number of amides is 1. The van der Waals surface area contributed by atoms with Crippen LogP contribution >= 0.6 is 15.9 Å². The van der Waals surface area contributed by atoms with Crippen molar-refractivity contribution in [2.24, 2.45) is 0 Å². The summed E-state index contributed by atoms with van der Waals surface area (Å²) in [6, 6.07) is 21.0. The molecule has 0 saturated carbocycles. The Morgan fingerprint density at radius 1 is 1.00 bits per heavy atom. The van der Waals surface area contributed by atoms with Crippen LogP contribution in [0.3, 0.4) is 0 Å². The van der Waals surface area contributed by atoms with Crippen LogP contribution in [-0.4, -0.2) is 26.5 Å². The number of aryl methyl sites for hydroxylation is 2. The number of rotatable bonds is 7. The molecular formula is C26H22BrN3O3. The molecule has 7 heteroatoms. The first-order valence-electron chi connectivity index (χ1n) is 10.4. The van der Waals surface area contributed by atoms with Crippen LogP contribution in [0.1, 0.15) is 28.0 Å². The first-order valence-corrected chi connectivity index (χ1v) is 11.2. The molecule has 2 aromatic heterocycles. The van der Waals surface area contributed by atoms with Crippen molar-refractivity contribution in [3.05, 3.63) is 100 Å². The van der Waals surface area contributed by atoms with Crippen molar-refractivity contribution in [2.45, 2.75) is 19.8 Å². The Morgan fingerprint density at radius 2 is 1.73 bits per heavy atom. The zero-order valence-corrected chi connectivity index (χ0v) is 19.5. The maximum absolute atomic E-state index is 12.7. The fraction of sp³-hybridized carbons (Fsp3) is 0.115. The van der Waals surface area contributed by atoms with Gasteiger partial charge in [-0.15, -0.1) is 0 Å². The summed E-state index contributed by atoms with van der Waals surface area (Å²) in [4.78, 5) is 27.9. The third-order valence-corrected chi connectivity index (χ3v) is 5.86. The van der Waals surface area contributed by atoms with Crippen molar-refractivity contribution in [1.82, 2.24) is 9.55 Å². The number of pyridine rings is 1. The monoisotopic (exact) mass is 503 g/mol. The van der Waals surface area contributed by atoms with Crippen LogP contribution in [0.25, 0.3) is 16.9 Å². The number of hydrogen-bond donors (Lipinski definition) is 2. The van der Waals surface area contributed by atoms with Gasteiger partial charge in [0.2, 0.25) is 0 Å². The summed E-state index contributed by atoms with van der Waals surface area (Å²) in [5.41, 5.74) is 5.89. The topological polar surface area (TPSA) is 84.2 Å². The normalized spacial score (nSPS) is 10.7. The SMILES string of the molecule is Cc1cc(C(=O)Nc2ccncc2)ccc1-n1c(CCC(=O)O)ccc1-c1ccc(Br)cc1. The molecule has 0 fully saturated rings. The van der Waals surface area contributed by atoms with Gasteiger partial charge in [0.25, 0.3) is 5.91 Å². The highest BCUT2D eigenvalue weighted by Gasteiger charge is 2.16. The molecule has 0 spiro atoms. The lowest BCUT2D eigenvalue weighted by Gasteiger charge is -2.17. The fourth-order valence-corrected chi connectivity index (χ4v) is 3.99. The van der Waals surface area contributed by atoms with E-state index in [1.807, 2.05) is 55.5 Å². The second kappa shape index (κ2) is 9.83. The minimum atomic E-state index is -0.840. The Balaban J connectivity index is 1.72. The molecule has 0 aliphatic heterocycles. The molecule has 4 aromatic rings. The van der Waals surface area contributed by atoms with E-state index in [1.165, 1.54) is 0 Å². The molecule has 0 bridgehead atoms. The van der Waals surface area contributed by atoms with Gasteiger partial charge >= 0.3 is 5.97 Å². The molecule has 2 aromatic carbocycles. The number of nitrogens with zero attached hydrogens (tertiary/aromatic N) is 2. The first kappa shape index (κ1) is 22.5. The van der Waals surface area contributed by atoms with E-state index in [9.17, 15) is 14.7 Å². The largest absolute Gasteiger partial charge is 0.481 e. The number of carbonyl (C=O) groups excluding carboxylic acids is 1. The Kier molecular flexibility index (Phi) is 6.70. The molecule has 0 unspecified atom stereocenters. The second-order valence-electron chi connectivity index (χ2n) is 7.64. The van der Waals surface area contributed by atoms with E-state index >= 15 is 0 Å². The molecule has 6 nitrogen and oxygen atoms in total. The number of carbonyl (C=O) groups is 2. The number of hydrogen-bond acceptors (Lipinski definition) is 3. The van der Waals surface area contributed by atoms with Crippen LogP contribution < -0.4 is 5.32 Å². The van der Waals surface area contributed by atoms with E-state index in [2.05, 4.69) is 30.8 Å². The van der Waals surface area contributed by atoms with Gasteiger partial charge in [-0.3, -0.25) is 14.6 Å². The average Bonchev–Trinajstić information content (AvgIpc) is 3.22. The lowest BCUT2D eigenvalue weighted by atomic mass is 10.1. The highest BCUT2D eigenvalue weighted by Crippen LogP contribution is 2.30. The van der Waals surface area contributed by atoms with Gasteiger partial charge in [0.1, 0.15) is 0 Å². The average molecular weight is 504 g/mol. The predicted molar refractivity (Wildman–Crippen MR) is 132 cm³/mol. The Morgan fingerprint density at radius 3 is 2.39 bits per heavy atom. The van der Waals surface area contributed by atoms with E-state index in [-0.39, 0.29) is 12.3 Å². The summed E-state index contributed by atoms with van der Waals surface area (Å²) in [5.74, 6) is -1.05. The smallest absolute Gasteiger partial charge is 0.303 e. The Hall–Kier alpha value is -3.71. The van der Waals surface area contributed by atoms with Gasteiger partial charge in [-0.25, -0.2) is 0 Å². The van der Waals surface area contributed by atoms with Crippen molar-refractivity contribution < 1.29 is 14.7 Å². The molecule has 166 valence electrons. The quantitative estimate of drug-likeness (QED) is 0.329. The standard InChI is InChI=1S/C26H22BrN3O3/c1-17-16-19(26(33)29-21-12-14-28-15-13-21)4-9-23(17)30-22(8-11-25(31)32)7-10-24(30)18-2-5-20(27)6-3-18/h2-7,9-10,12-16H,8,11H2,1H3,(H,31,32)(H,28,29,33). The van der Waals surface area contributed by atoms with Gasteiger partial charge < -0.3 is 15.0 Å². The molecule has 0 saturated heterocycles. The summed E-state index contributed by atoms with van der Waals surface area (Å²) in [6.07, 6.45) is 3.68. The second-order valence-corrected chi connectivity index (χ2v) is 8.55. The Labute approximate surface area is 200 Å². The zero-order valence-electron chi connectivity index (χ0n) is 18.0. The number of halogens is 1. The van der Waals surface area contributed by atoms with Crippen LogP contribution in [0.4, 0.5) is 5.69 Å². The van der Waals surface area contributed by atoms with Crippen LogP contribution in [0.15, 0.2) is 83.6 Å². The van der Waals surface area contributed by atoms with E-state index < -0.39 is 5.97 Å². The maximum atomic E-state index is 12.7. The molecule has 2 N–H and O–H groups in total. The van der Waals surface area contributed by atoms with Gasteiger partial charge in [0.15, 0.2) is 0 Å². The summed E-state index contributed by atoms with van der Waals surface area (Å²) in [6.45, 7) is 1.95. The van der Waals surface area contributed by atoms with E-state index in [4.69, 9.17) is 0 Å². The van der Waals surface area contributed by atoms with Crippen molar-refractivity contribution in [3.63, 3.8) is 0 Å². The van der Waals surface area contributed by atoms with Gasteiger partial charge in [-0.2, -0.15) is 0 Å². The molecule has 2 heterocycles. The minimum Gasteiger partial charge on any atom is -0.481 e. The molecule has 0 radical (unpaired) electrons. The maximum Gasteiger partial charge on any atom is 0.303 e. The predicted octanol–water partition coefficient (Wildman–Crippen LogP) is 5.88. The minimum absolute atomic E-state index is 0.0370. The molecule has 0 aliphatic carbocycles. The number of anilines is 1. The van der Waals surface area contributed by atoms with E-state index in [1.54, 1.807) is 30.6 Å². The summed E-state index contributed by atoms with van der Waals surface area (Å²) in [7, 11) is 0. The van der Waals surface area contributed by atoms with Crippen molar-refractivity contribution >= 4 is 33.5 Å². The molecule has 33 heavy (non-hydrogen) atoms. The third-order valence-electron chi connectivity index (χ3n) is 5.33. The highest BCUT2D eigenvalue weighted by molar-refractivity contribution is 9.10. The number of carboxylic acid groups (broad SMARTS) is 1. The molecule has 0 atom stereocenters. The van der Waals surface area contributed by atoms with Crippen LogP contribution in [-0.2, 0) is 11.2 Å². The first-order chi connectivity index (χ1) is 15.9. The summed E-state index contributed by atoms with van der Waals surface area (Å²) < 4.78 is 3.06. The zero-order chi connectivity index (χ0) is 23.4. The van der Waals surface area contributed by atoms with Crippen molar-refractivity contribution in [2.75, 3.05) is 5.32 Å². The highest BCUT2D eigenvalue weighted by atomic mass is 79.9. The lowest BCUT2D eigenvalue weighted by Crippen LogP contribution is -2.13. The fourth-order valence-electron chi connectivity index (χ4n) is 3.73. The molecule has 1 amide bonds. The Bertz CT molecular complexity index is 1300. The number of aromatic nitrogens is 2. The van der Waals surface area contributed by atoms with Crippen molar-refractivity contribution in [3.8, 4) is 16.9 Å². The van der Waals surface area contributed by atoms with E-state index in [0.717, 1.165) is 32.7 Å². The van der Waals surface area contributed by atoms with Crippen LogP contribution in [0.5, 0.6) is 0 Å². The van der Waals surface area contributed by atoms with Crippen molar-refractivity contribution in [1.29, 1.82) is 0 Å². The number of benzene rings is 2. The van der Waals surface area contributed by atoms with Gasteiger partial charge in [0.05, 0.1) is 12.1 Å². The summed E-state index contributed by atoms with van der Waals surface area (Å²) >= 11 is 3.47. The van der Waals surface area contributed by atoms with Gasteiger partial charge in [0, 0.05) is 39.5 Å². The molecular weight excluding hydrogens is 482 g/mol. The molecule has 4 rings (SSSR count). The number of aliphatic carboxylic acids is 1. The number of nitrogens with one attached hydrogen (secondary N) is 1. The van der Waals surface area contributed by atoms with Gasteiger partial charge in [-0.1, -0.05) is 28.1 Å². The molecule has 0 aliphatic rings. The third kappa shape index (κ3) is 5.21. The summed E-state index contributed by atoms with van der Waals surface area (Å²) in [5, 5.41) is 12.1. The number of carboxylic acids is 1. The van der Waals surface area contributed by atoms with E-state index in [0.29, 0.717) is 17.7 Å².